The van der Waals surface area contributed by atoms with Crippen molar-refractivity contribution in [2.75, 3.05) is 6.54 Å². The second-order valence-corrected chi connectivity index (χ2v) is 7.62. The van der Waals surface area contributed by atoms with Crippen molar-refractivity contribution in [1.29, 1.82) is 0 Å². The Bertz CT molecular complexity index is 1370. The number of benzene rings is 2. The molecular formula is C25H19N5O. The highest BCUT2D eigenvalue weighted by Gasteiger charge is 2.32. The molecule has 3 N–H and O–H groups in total. The van der Waals surface area contributed by atoms with E-state index in [0.29, 0.717) is 17.8 Å². The molecule has 1 aliphatic carbocycles. The molecule has 2 aromatic carbocycles. The van der Waals surface area contributed by atoms with Gasteiger partial charge in [0.05, 0.1) is 11.6 Å². The molecule has 0 saturated heterocycles. The van der Waals surface area contributed by atoms with E-state index in [1.54, 1.807) is 18.5 Å². The molecule has 31 heavy (non-hydrogen) atoms. The first-order chi connectivity index (χ1) is 15.3. The molecule has 2 aliphatic rings. The first-order valence-corrected chi connectivity index (χ1v) is 10.2. The Morgan fingerprint density at radius 1 is 1.00 bits per heavy atom. The van der Waals surface area contributed by atoms with Gasteiger partial charge in [0.15, 0.2) is 5.65 Å². The first-order valence-electron chi connectivity index (χ1n) is 10.2. The van der Waals surface area contributed by atoms with Crippen molar-refractivity contribution in [1.82, 2.24) is 25.6 Å². The van der Waals surface area contributed by atoms with Crippen molar-refractivity contribution >= 4 is 17.1 Å². The lowest BCUT2D eigenvalue weighted by molar-refractivity contribution is -0.117. The summed E-state index contributed by atoms with van der Waals surface area (Å²) in [6, 6.07) is 18.0. The predicted octanol–water partition coefficient (Wildman–Crippen LogP) is 3.85. The zero-order chi connectivity index (χ0) is 20.8. The Kier molecular flexibility index (Phi) is 3.96. The minimum atomic E-state index is -0.217. The van der Waals surface area contributed by atoms with Gasteiger partial charge in [0.25, 0.3) is 5.91 Å². The maximum Gasteiger partial charge on any atom is 0.251 e. The molecule has 3 heterocycles. The molecular weight excluding hydrogens is 386 g/mol. The summed E-state index contributed by atoms with van der Waals surface area (Å²) in [6.45, 7) is 0.654. The first kappa shape index (κ1) is 17.7. The van der Waals surface area contributed by atoms with Crippen molar-refractivity contribution in [2.45, 2.75) is 6.04 Å². The lowest BCUT2D eigenvalue weighted by Gasteiger charge is -2.17. The van der Waals surface area contributed by atoms with Crippen molar-refractivity contribution < 1.29 is 4.79 Å². The molecule has 6 heteroatoms. The highest BCUT2D eigenvalue weighted by atomic mass is 16.1. The second kappa shape index (κ2) is 6.95. The average molecular weight is 405 g/mol. The molecule has 0 radical (unpaired) electrons. The molecule has 1 unspecified atom stereocenters. The Morgan fingerprint density at radius 2 is 1.87 bits per heavy atom. The van der Waals surface area contributed by atoms with Crippen LogP contribution in [-0.4, -0.2) is 27.4 Å². The van der Waals surface area contributed by atoms with E-state index in [9.17, 15) is 4.79 Å². The fourth-order valence-corrected chi connectivity index (χ4v) is 4.42. The third-order valence-electron chi connectivity index (χ3n) is 5.82. The van der Waals surface area contributed by atoms with Gasteiger partial charge in [-0.3, -0.25) is 4.79 Å². The van der Waals surface area contributed by atoms with Gasteiger partial charge in [-0.15, -0.1) is 0 Å². The number of nitrogens with one attached hydrogen (secondary N) is 3. The molecule has 4 aromatic rings. The quantitative estimate of drug-likeness (QED) is 0.483. The van der Waals surface area contributed by atoms with Crippen LogP contribution in [0.25, 0.3) is 33.7 Å². The molecule has 0 saturated carbocycles. The number of imidazole rings is 1. The molecule has 1 atom stereocenters. The number of hydrogen-bond acceptors (Lipinski definition) is 4. The van der Waals surface area contributed by atoms with E-state index in [4.69, 9.17) is 4.98 Å². The Hall–Kier alpha value is -4.19. The summed E-state index contributed by atoms with van der Waals surface area (Å²) in [5.41, 5.74) is 7.63. The van der Waals surface area contributed by atoms with Crippen molar-refractivity contribution in [3.63, 3.8) is 0 Å². The van der Waals surface area contributed by atoms with E-state index in [0.717, 1.165) is 39.2 Å². The van der Waals surface area contributed by atoms with Gasteiger partial charge in [0.1, 0.15) is 5.82 Å². The monoisotopic (exact) mass is 405 g/mol. The van der Waals surface area contributed by atoms with Crippen LogP contribution >= 0.6 is 0 Å². The van der Waals surface area contributed by atoms with E-state index >= 15 is 0 Å². The summed E-state index contributed by atoms with van der Waals surface area (Å²) in [5.74, 6) is 0.695. The minimum Gasteiger partial charge on any atom is -0.387 e. The summed E-state index contributed by atoms with van der Waals surface area (Å²) in [7, 11) is 0. The molecule has 6 rings (SSSR count). The van der Waals surface area contributed by atoms with Gasteiger partial charge >= 0.3 is 0 Å². The number of aromatic nitrogens is 3. The molecule has 0 fully saturated rings. The number of carbonyl (C=O) groups is 1. The highest BCUT2D eigenvalue weighted by Crippen LogP contribution is 2.47. The van der Waals surface area contributed by atoms with E-state index in [1.165, 1.54) is 0 Å². The van der Waals surface area contributed by atoms with Gasteiger partial charge < -0.3 is 15.6 Å². The Labute approximate surface area is 178 Å². The summed E-state index contributed by atoms with van der Waals surface area (Å²) in [4.78, 5) is 25.4. The zero-order valence-electron chi connectivity index (χ0n) is 16.6. The maximum absolute atomic E-state index is 13.0. The maximum atomic E-state index is 13.0. The van der Waals surface area contributed by atoms with Crippen LogP contribution in [0, 0.1) is 0 Å². The topological polar surface area (TPSA) is 82.7 Å². The number of pyridine rings is 1. The van der Waals surface area contributed by atoms with Crippen LogP contribution in [0.1, 0.15) is 17.2 Å². The number of hydrogen-bond donors (Lipinski definition) is 3. The lowest BCUT2D eigenvalue weighted by Crippen LogP contribution is -2.30. The summed E-state index contributed by atoms with van der Waals surface area (Å²) < 4.78 is 0. The van der Waals surface area contributed by atoms with Crippen LogP contribution in [0.4, 0.5) is 0 Å². The third-order valence-corrected chi connectivity index (χ3v) is 5.82. The standard InChI is InChI=1S/C25H19N5O/c31-25(15-10-13-26-14-11-15)29-22-17-6-2-1-5-16(17)21-18(22)7-3-8-19(21)23-28-20-9-4-12-27-24(20)30-23/h1-13,22,26H,14H2,(H,29,31)(H,27,28,30). The van der Waals surface area contributed by atoms with Crippen LogP contribution in [0.3, 0.4) is 0 Å². The van der Waals surface area contributed by atoms with Crippen molar-refractivity contribution in [3.8, 4) is 22.5 Å². The lowest BCUT2D eigenvalue weighted by atomic mass is 9.98. The summed E-state index contributed by atoms with van der Waals surface area (Å²) in [5, 5.41) is 6.32. The van der Waals surface area contributed by atoms with Gasteiger partial charge in [-0.1, -0.05) is 48.5 Å². The van der Waals surface area contributed by atoms with E-state index < -0.39 is 0 Å². The summed E-state index contributed by atoms with van der Waals surface area (Å²) >= 11 is 0. The molecule has 150 valence electrons. The van der Waals surface area contributed by atoms with Crippen LogP contribution in [0.15, 0.2) is 84.7 Å². The number of dihydropyridines is 1. The number of rotatable bonds is 3. The fourth-order valence-electron chi connectivity index (χ4n) is 4.42. The second-order valence-electron chi connectivity index (χ2n) is 7.62. The van der Waals surface area contributed by atoms with Crippen LogP contribution in [-0.2, 0) is 4.79 Å². The van der Waals surface area contributed by atoms with E-state index in [1.807, 2.05) is 36.4 Å². The van der Waals surface area contributed by atoms with Gasteiger partial charge in [-0.25, -0.2) is 9.97 Å². The average Bonchev–Trinajstić information content (AvgIpc) is 3.39. The van der Waals surface area contributed by atoms with E-state index in [-0.39, 0.29) is 11.9 Å². The highest BCUT2D eigenvalue weighted by molar-refractivity contribution is 5.98. The SMILES string of the molecule is O=C(NC1c2ccccc2-c2c(-c3nc4ncccc4[nH]3)cccc21)C1=CCNC=C1. The molecule has 1 amide bonds. The van der Waals surface area contributed by atoms with Crippen LogP contribution < -0.4 is 10.6 Å². The largest absolute Gasteiger partial charge is 0.387 e. The van der Waals surface area contributed by atoms with Gasteiger partial charge in [0.2, 0.25) is 0 Å². The Morgan fingerprint density at radius 3 is 2.74 bits per heavy atom. The number of H-pyrrole nitrogens is 1. The predicted molar refractivity (Wildman–Crippen MR) is 120 cm³/mol. The van der Waals surface area contributed by atoms with Crippen molar-refractivity contribution in [2.24, 2.45) is 0 Å². The number of amides is 1. The normalized spacial score (nSPS) is 16.4. The minimum absolute atomic E-state index is 0.0799. The zero-order valence-corrected chi connectivity index (χ0v) is 16.6. The summed E-state index contributed by atoms with van der Waals surface area (Å²) in [6.07, 6.45) is 7.25. The van der Waals surface area contributed by atoms with Crippen LogP contribution in [0.5, 0.6) is 0 Å². The smallest absolute Gasteiger partial charge is 0.251 e. The molecule has 0 spiro atoms. The van der Waals surface area contributed by atoms with Crippen molar-refractivity contribution in [3.05, 3.63) is 95.8 Å². The number of aromatic amines is 1. The molecule has 0 bridgehead atoms. The molecule has 6 nitrogen and oxygen atoms in total. The number of nitrogens with zero attached hydrogens (tertiary/aromatic N) is 2. The van der Waals surface area contributed by atoms with Gasteiger partial charge in [0, 0.05) is 23.9 Å². The van der Waals surface area contributed by atoms with E-state index in [2.05, 4.69) is 44.9 Å². The van der Waals surface area contributed by atoms with Gasteiger partial charge in [-0.2, -0.15) is 0 Å². The Balaban J connectivity index is 1.48. The number of fused-ring (bicyclic) bond motifs is 4. The number of carbonyl (C=O) groups excluding carboxylic acids is 1. The van der Waals surface area contributed by atoms with Crippen LogP contribution in [0.2, 0.25) is 0 Å². The fraction of sp³-hybridized carbons (Fsp3) is 0.0800. The molecule has 2 aromatic heterocycles. The van der Waals surface area contributed by atoms with Gasteiger partial charge in [-0.05, 0) is 46.7 Å². The third kappa shape index (κ3) is 2.84. The molecule has 1 aliphatic heterocycles.